The Bertz CT molecular complexity index is 866. The summed E-state index contributed by atoms with van der Waals surface area (Å²) in [6, 6.07) is 9.42. The van der Waals surface area contributed by atoms with E-state index in [2.05, 4.69) is 26.6 Å². The van der Waals surface area contributed by atoms with Crippen LogP contribution >= 0.6 is 0 Å². The summed E-state index contributed by atoms with van der Waals surface area (Å²) in [4.78, 5) is 30.6. The van der Waals surface area contributed by atoms with E-state index in [1.165, 1.54) is 0 Å². The van der Waals surface area contributed by atoms with Crippen LogP contribution in [-0.4, -0.2) is 43.2 Å². The minimum absolute atomic E-state index is 0.203. The molecule has 1 saturated heterocycles. The van der Waals surface area contributed by atoms with Gasteiger partial charge in [-0.2, -0.15) is 0 Å². The average molecular weight is 396 g/mol. The number of nitrogens with zero attached hydrogens (tertiary/aromatic N) is 2. The highest BCUT2D eigenvalue weighted by Gasteiger charge is 2.22. The molecule has 2 aliphatic heterocycles. The summed E-state index contributed by atoms with van der Waals surface area (Å²) in [5.74, 6) is 0.482. The summed E-state index contributed by atoms with van der Waals surface area (Å²) < 4.78 is 10.6. The zero-order chi connectivity index (χ0) is 20.1. The molecule has 29 heavy (non-hydrogen) atoms. The summed E-state index contributed by atoms with van der Waals surface area (Å²) in [7, 11) is 0. The smallest absolute Gasteiger partial charge is 0.309 e. The Morgan fingerprint density at radius 2 is 1.86 bits per heavy atom. The number of fused-ring (bicyclic) bond motifs is 1. The number of rotatable bonds is 5. The van der Waals surface area contributed by atoms with E-state index in [4.69, 9.17) is 9.47 Å². The van der Waals surface area contributed by atoms with E-state index in [0.717, 1.165) is 37.2 Å². The second-order valence-electron chi connectivity index (χ2n) is 7.22. The standard InChI is InChI=1S/C21H24N4O4/c26-20(21(27)24-12-16-3-4-18-19(10-16)29-14-28-18)23-11-15-5-8-25(9-6-15)17-2-1-7-22-13-17/h1-4,7,10,13,15H,5-6,8-9,11-12,14H2,(H,23,26)(H,24,27). The average Bonchev–Trinajstić information content (AvgIpc) is 3.24. The van der Waals surface area contributed by atoms with Crippen molar-refractivity contribution in [2.24, 2.45) is 5.92 Å². The lowest BCUT2D eigenvalue weighted by Crippen LogP contribution is -2.43. The first-order valence-corrected chi connectivity index (χ1v) is 9.78. The molecule has 1 fully saturated rings. The number of pyridine rings is 1. The number of anilines is 1. The van der Waals surface area contributed by atoms with Crippen LogP contribution in [0.15, 0.2) is 42.7 Å². The van der Waals surface area contributed by atoms with E-state index in [0.29, 0.717) is 24.0 Å². The second-order valence-corrected chi connectivity index (χ2v) is 7.22. The largest absolute Gasteiger partial charge is 0.454 e. The third kappa shape index (κ3) is 4.77. The zero-order valence-electron chi connectivity index (χ0n) is 16.1. The van der Waals surface area contributed by atoms with Gasteiger partial charge in [0.1, 0.15) is 0 Å². The van der Waals surface area contributed by atoms with Crippen molar-refractivity contribution in [3.8, 4) is 11.5 Å². The quantitative estimate of drug-likeness (QED) is 0.744. The van der Waals surface area contributed by atoms with E-state index >= 15 is 0 Å². The topological polar surface area (TPSA) is 92.8 Å². The first kappa shape index (κ1) is 19.0. The Kier molecular flexibility index (Phi) is 5.79. The van der Waals surface area contributed by atoms with Gasteiger partial charge in [-0.1, -0.05) is 6.07 Å². The molecule has 0 bridgehead atoms. The lowest BCUT2D eigenvalue weighted by Gasteiger charge is -2.33. The maximum atomic E-state index is 12.1. The Morgan fingerprint density at radius 1 is 1.07 bits per heavy atom. The van der Waals surface area contributed by atoms with Gasteiger partial charge in [-0.3, -0.25) is 14.6 Å². The van der Waals surface area contributed by atoms with Gasteiger partial charge < -0.3 is 25.0 Å². The Hall–Kier alpha value is -3.29. The summed E-state index contributed by atoms with van der Waals surface area (Å²) in [6.45, 7) is 2.81. The second kappa shape index (κ2) is 8.81. The highest BCUT2D eigenvalue weighted by molar-refractivity contribution is 6.35. The van der Waals surface area contributed by atoms with Gasteiger partial charge in [0, 0.05) is 32.4 Å². The monoisotopic (exact) mass is 396 g/mol. The summed E-state index contributed by atoms with van der Waals surface area (Å²) in [5.41, 5.74) is 1.97. The van der Waals surface area contributed by atoms with Crippen molar-refractivity contribution in [2.75, 3.05) is 31.3 Å². The minimum Gasteiger partial charge on any atom is -0.454 e. The van der Waals surface area contributed by atoms with Crippen LogP contribution in [0.4, 0.5) is 5.69 Å². The molecule has 1 aromatic carbocycles. The number of hydrogen-bond acceptors (Lipinski definition) is 6. The number of benzene rings is 1. The summed E-state index contributed by atoms with van der Waals surface area (Å²) in [5, 5.41) is 5.40. The lowest BCUT2D eigenvalue weighted by molar-refractivity contribution is -0.139. The molecule has 8 heteroatoms. The van der Waals surface area contributed by atoms with E-state index in [1.54, 1.807) is 18.3 Å². The number of ether oxygens (including phenoxy) is 2. The predicted octanol–water partition coefficient (Wildman–Crippen LogP) is 1.46. The van der Waals surface area contributed by atoms with Crippen molar-refractivity contribution < 1.29 is 19.1 Å². The molecule has 2 N–H and O–H groups in total. The molecule has 0 saturated carbocycles. The molecular formula is C21H24N4O4. The Labute approximate surface area is 169 Å². The molecule has 2 amide bonds. The van der Waals surface area contributed by atoms with Crippen LogP contribution < -0.4 is 25.0 Å². The van der Waals surface area contributed by atoms with E-state index in [1.807, 2.05) is 18.3 Å². The first-order chi connectivity index (χ1) is 14.2. The normalized spacial score (nSPS) is 15.8. The molecule has 4 rings (SSSR count). The van der Waals surface area contributed by atoms with Crippen LogP contribution in [0, 0.1) is 5.92 Å². The van der Waals surface area contributed by atoms with Crippen LogP contribution in [-0.2, 0) is 16.1 Å². The van der Waals surface area contributed by atoms with Crippen LogP contribution in [0.3, 0.4) is 0 Å². The number of aromatic nitrogens is 1. The molecule has 152 valence electrons. The highest BCUT2D eigenvalue weighted by Crippen LogP contribution is 2.32. The van der Waals surface area contributed by atoms with Crippen molar-refractivity contribution >= 4 is 17.5 Å². The Morgan fingerprint density at radius 3 is 2.66 bits per heavy atom. The molecule has 0 atom stereocenters. The molecule has 8 nitrogen and oxygen atoms in total. The molecule has 1 aromatic heterocycles. The maximum Gasteiger partial charge on any atom is 0.309 e. The van der Waals surface area contributed by atoms with Crippen molar-refractivity contribution in [1.82, 2.24) is 15.6 Å². The van der Waals surface area contributed by atoms with Gasteiger partial charge in [-0.25, -0.2) is 0 Å². The fourth-order valence-electron chi connectivity index (χ4n) is 3.57. The number of carbonyl (C=O) groups excluding carboxylic acids is 2. The molecule has 0 unspecified atom stereocenters. The van der Waals surface area contributed by atoms with E-state index < -0.39 is 11.8 Å². The molecule has 0 radical (unpaired) electrons. The molecule has 2 aromatic rings. The van der Waals surface area contributed by atoms with Crippen molar-refractivity contribution in [3.63, 3.8) is 0 Å². The fraction of sp³-hybridized carbons (Fsp3) is 0.381. The number of carbonyl (C=O) groups is 2. The summed E-state index contributed by atoms with van der Waals surface area (Å²) in [6.07, 6.45) is 5.57. The zero-order valence-corrected chi connectivity index (χ0v) is 16.1. The molecule has 2 aliphatic rings. The molecule has 0 aliphatic carbocycles. The molecular weight excluding hydrogens is 372 g/mol. The van der Waals surface area contributed by atoms with Gasteiger partial charge in [0.2, 0.25) is 6.79 Å². The van der Waals surface area contributed by atoms with Gasteiger partial charge in [0.05, 0.1) is 11.9 Å². The van der Waals surface area contributed by atoms with Crippen LogP contribution in [0.25, 0.3) is 0 Å². The summed E-state index contributed by atoms with van der Waals surface area (Å²) >= 11 is 0. The molecule has 3 heterocycles. The van der Waals surface area contributed by atoms with Gasteiger partial charge in [0.25, 0.3) is 0 Å². The van der Waals surface area contributed by atoms with E-state index in [9.17, 15) is 9.59 Å². The van der Waals surface area contributed by atoms with Crippen molar-refractivity contribution in [1.29, 1.82) is 0 Å². The van der Waals surface area contributed by atoms with Crippen molar-refractivity contribution in [3.05, 3.63) is 48.3 Å². The van der Waals surface area contributed by atoms with Gasteiger partial charge in [0.15, 0.2) is 11.5 Å². The van der Waals surface area contributed by atoms with Crippen LogP contribution in [0.5, 0.6) is 11.5 Å². The third-order valence-corrected chi connectivity index (χ3v) is 5.27. The third-order valence-electron chi connectivity index (χ3n) is 5.27. The number of amides is 2. The van der Waals surface area contributed by atoms with Crippen molar-refractivity contribution in [2.45, 2.75) is 19.4 Å². The highest BCUT2D eigenvalue weighted by atomic mass is 16.7. The molecule has 0 spiro atoms. The number of piperidine rings is 1. The Balaban J connectivity index is 1.17. The fourth-order valence-corrected chi connectivity index (χ4v) is 3.57. The van der Waals surface area contributed by atoms with Gasteiger partial charge >= 0.3 is 11.8 Å². The van der Waals surface area contributed by atoms with E-state index in [-0.39, 0.29) is 13.3 Å². The minimum atomic E-state index is -0.629. The van der Waals surface area contributed by atoms with Crippen LogP contribution in [0.2, 0.25) is 0 Å². The first-order valence-electron chi connectivity index (χ1n) is 9.78. The number of hydrogen-bond donors (Lipinski definition) is 2. The van der Waals surface area contributed by atoms with Crippen LogP contribution in [0.1, 0.15) is 18.4 Å². The SMILES string of the molecule is O=C(NCc1ccc2c(c1)OCO2)C(=O)NCC1CCN(c2cccnc2)CC1. The van der Waals surface area contributed by atoms with Gasteiger partial charge in [-0.15, -0.1) is 0 Å². The number of nitrogens with one attached hydrogen (secondary N) is 2. The van der Waals surface area contributed by atoms with Gasteiger partial charge in [-0.05, 0) is 48.6 Å². The lowest BCUT2D eigenvalue weighted by atomic mass is 9.96. The maximum absolute atomic E-state index is 12.1. The predicted molar refractivity (Wildman–Crippen MR) is 107 cm³/mol.